The van der Waals surface area contributed by atoms with Gasteiger partial charge >= 0.3 is 0 Å². The van der Waals surface area contributed by atoms with E-state index in [4.69, 9.17) is 5.73 Å². The minimum Gasteiger partial charge on any atom is -0.399 e. The van der Waals surface area contributed by atoms with E-state index in [0.717, 1.165) is 22.4 Å². The fourth-order valence-electron chi connectivity index (χ4n) is 2.05. The average Bonchev–Trinajstić information content (AvgIpc) is 2.54. The minimum atomic E-state index is -0.591. The van der Waals surface area contributed by atoms with Gasteiger partial charge in [-0.3, -0.25) is 4.98 Å². The molecule has 1 aliphatic carbocycles. The van der Waals surface area contributed by atoms with E-state index in [-0.39, 0.29) is 0 Å². The van der Waals surface area contributed by atoms with Crippen molar-refractivity contribution in [3.8, 4) is 11.3 Å². The third kappa shape index (κ3) is 1.07. The van der Waals surface area contributed by atoms with E-state index in [9.17, 15) is 5.11 Å². The zero-order valence-electron chi connectivity index (χ0n) is 8.01. The molecule has 0 bridgehead atoms. The van der Waals surface area contributed by atoms with Gasteiger partial charge in [-0.15, -0.1) is 0 Å². The van der Waals surface area contributed by atoms with Crippen molar-refractivity contribution in [2.75, 3.05) is 5.73 Å². The van der Waals surface area contributed by atoms with Crippen LogP contribution in [0.1, 0.15) is 17.2 Å². The standard InChI is InChI=1S/C12H10N2O/c13-7-3-4-8-10(6-7)12(15)9-2-1-5-14-11(8)9/h1-6,12,15H,13H2. The normalized spacial score (nSPS) is 17.3. The van der Waals surface area contributed by atoms with Gasteiger partial charge in [0.05, 0.1) is 5.69 Å². The van der Waals surface area contributed by atoms with Crippen LogP contribution in [-0.4, -0.2) is 10.1 Å². The molecule has 3 nitrogen and oxygen atoms in total. The molecule has 0 amide bonds. The molecule has 0 saturated heterocycles. The molecule has 3 N–H and O–H groups in total. The molecule has 1 heterocycles. The highest BCUT2D eigenvalue weighted by Crippen LogP contribution is 2.42. The van der Waals surface area contributed by atoms with Gasteiger partial charge in [0, 0.05) is 23.0 Å². The molecule has 74 valence electrons. The highest BCUT2D eigenvalue weighted by atomic mass is 16.3. The summed E-state index contributed by atoms with van der Waals surface area (Å²) in [7, 11) is 0. The van der Waals surface area contributed by atoms with Crippen molar-refractivity contribution in [2.45, 2.75) is 6.10 Å². The number of nitrogens with two attached hydrogens (primary N) is 1. The first-order valence-corrected chi connectivity index (χ1v) is 4.80. The van der Waals surface area contributed by atoms with E-state index in [1.165, 1.54) is 0 Å². The number of rotatable bonds is 0. The van der Waals surface area contributed by atoms with E-state index < -0.39 is 6.10 Å². The molecule has 0 saturated carbocycles. The Hall–Kier alpha value is -1.87. The minimum absolute atomic E-state index is 0.591. The maximum absolute atomic E-state index is 10.1. The summed E-state index contributed by atoms with van der Waals surface area (Å²) in [6.45, 7) is 0. The van der Waals surface area contributed by atoms with Crippen LogP contribution in [-0.2, 0) is 0 Å². The number of aromatic nitrogens is 1. The van der Waals surface area contributed by atoms with Crippen molar-refractivity contribution in [1.82, 2.24) is 4.98 Å². The lowest BCUT2D eigenvalue weighted by molar-refractivity contribution is 0.225. The van der Waals surface area contributed by atoms with E-state index in [2.05, 4.69) is 4.98 Å². The number of pyridine rings is 1. The SMILES string of the molecule is Nc1ccc2c(c1)C(O)c1cccnc1-2. The molecular formula is C12H10N2O. The van der Waals surface area contributed by atoms with Gasteiger partial charge < -0.3 is 10.8 Å². The lowest BCUT2D eigenvalue weighted by Crippen LogP contribution is -1.95. The van der Waals surface area contributed by atoms with E-state index in [1.807, 2.05) is 30.3 Å². The Morgan fingerprint density at radius 2 is 2.07 bits per heavy atom. The van der Waals surface area contributed by atoms with Gasteiger partial charge in [-0.2, -0.15) is 0 Å². The van der Waals surface area contributed by atoms with Crippen LogP contribution in [0.15, 0.2) is 36.5 Å². The Bertz CT molecular complexity index is 537. The monoisotopic (exact) mass is 198 g/mol. The zero-order valence-corrected chi connectivity index (χ0v) is 8.01. The molecule has 3 rings (SSSR count). The molecule has 1 unspecified atom stereocenters. The van der Waals surface area contributed by atoms with Crippen LogP contribution >= 0.6 is 0 Å². The summed E-state index contributed by atoms with van der Waals surface area (Å²) >= 11 is 0. The fraction of sp³-hybridized carbons (Fsp3) is 0.0833. The predicted molar refractivity (Wildman–Crippen MR) is 58.1 cm³/mol. The quantitative estimate of drug-likeness (QED) is 0.634. The topological polar surface area (TPSA) is 59.1 Å². The number of aliphatic hydroxyl groups excluding tert-OH is 1. The summed E-state index contributed by atoms with van der Waals surface area (Å²) in [5, 5.41) is 10.1. The molecule has 0 aliphatic heterocycles. The van der Waals surface area contributed by atoms with Gasteiger partial charge in [0.2, 0.25) is 0 Å². The van der Waals surface area contributed by atoms with Crippen molar-refractivity contribution >= 4 is 5.69 Å². The molecule has 0 spiro atoms. The number of hydrogen-bond acceptors (Lipinski definition) is 3. The Morgan fingerprint density at radius 3 is 2.93 bits per heavy atom. The first-order valence-electron chi connectivity index (χ1n) is 4.80. The van der Waals surface area contributed by atoms with Crippen molar-refractivity contribution in [3.63, 3.8) is 0 Å². The average molecular weight is 198 g/mol. The summed E-state index contributed by atoms with van der Waals surface area (Å²) in [5.41, 5.74) is 9.91. The largest absolute Gasteiger partial charge is 0.399 e. The second-order valence-corrected chi connectivity index (χ2v) is 3.69. The number of benzene rings is 1. The fourth-order valence-corrected chi connectivity index (χ4v) is 2.05. The summed E-state index contributed by atoms with van der Waals surface area (Å²) in [4.78, 5) is 4.28. The van der Waals surface area contributed by atoms with Gasteiger partial charge in [0.25, 0.3) is 0 Å². The van der Waals surface area contributed by atoms with E-state index in [1.54, 1.807) is 6.20 Å². The second kappa shape index (κ2) is 2.81. The third-order valence-electron chi connectivity index (χ3n) is 2.76. The van der Waals surface area contributed by atoms with Crippen LogP contribution < -0.4 is 5.73 Å². The summed E-state index contributed by atoms with van der Waals surface area (Å²) in [6.07, 6.45) is 1.14. The molecule has 1 aromatic heterocycles. The number of aliphatic hydroxyl groups is 1. The zero-order chi connectivity index (χ0) is 10.4. The Balaban J connectivity index is 2.32. The highest BCUT2D eigenvalue weighted by Gasteiger charge is 2.27. The van der Waals surface area contributed by atoms with Crippen molar-refractivity contribution in [1.29, 1.82) is 0 Å². The van der Waals surface area contributed by atoms with Gasteiger partial charge in [-0.1, -0.05) is 12.1 Å². The maximum Gasteiger partial charge on any atom is 0.107 e. The van der Waals surface area contributed by atoms with Gasteiger partial charge in [-0.05, 0) is 23.8 Å². The van der Waals surface area contributed by atoms with Crippen molar-refractivity contribution < 1.29 is 5.11 Å². The molecule has 1 aromatic carbocycles. The van der Waals surface area contributed by atoms with Crippen LogP contribution in [0.3, 0.4) is 0 Å². The van der Waals surface area contributed by atoms with Crippen LogP contribution in [0.4, 0.5) is 5.69 Å². The first-order chi connectivity index (χ1) is 7.27. The molecule has 3 heteroatoms. The molecule has 2 aromatic rings. The van der Waals surface area contributed by atoms with Gasteiger partial charge in [0.15, 0.2) is 0 Å². The molecule has 0 fully saturated rings. The van der Waals surface area contributed by atoms with Crippen LogP contribution in [0, 0.1) is 0 Å². The van der Waals surface area contributed by atoms with E-state index in [0.29, 0.717) is 5.69 Å². The first kappa shape index (κ1) is 8.44. The lowest BCUT2D eigenvalue weighted by atomic mass is 10.1. The van der Waals surface area contributed by atoms with Gasteiger partial charge in [-0.25, -0.2) is 0 Å². The second-order valence-electron chi connectivity index (χ2n) is 3.69. The lowest BCUT2D eigenvalue weighted by Gasteiger charge is -2.04. The Morgan fingerprint density at radius 1 is 1.20 bits per heavy atom. The molecule has 0 radical (unpaired) electrons. The maximum atomic E-state index is 10.1. The smallest absolute Gasteiger partial charge is 0.107 e. The molecule has 15 heavy (non-hydrogen) atoms. The van der Waals surface area contributed by atoms with Crippen molar-refractivity contribution in [3.05, 3.63) is 47.7 Å². The number of nitrogens with zero attached hydrogens (tertiary/aromatic N) is 1. The third-order valence-corrected chi connectivity index (χ3v) is 2.76. The van der Waals surface area contributed by atoms with E-state index >= 15 is 0 Å². The summed E-state index contributed by atoms with van der Waals surface area (Å²) < 4.78 is 0. The number of fused-ring (bicyclic) bond motifs is 3. The molecular weight excluding hydrogens is 188 g/mol. The van der Waals surface area contributed by atoms with Crippen LogP contribution in [0.5, 0.6) is 0 Å². The molecule has 1 aliphatic rings. The number of hydrogen-bond donors (Lipinski definition) is 2. The van der Waals surface area contributed by atoms with Crippen molar-refractivity contribution in [2.24, 2.45) is 0 Å². The summed E-state index contributed by atoms with van der Waals surface area (Å²) in [5.74, 6) is 0. The Kier molecular flexibility index (Phi) is 1.58. The Labute approximate surface area is 87.2 Å². The number of anilines is 1. The predicted octanol–water partition coefficient (Wildman–Crippen LogP) is 1.73. The molecule has 1 atom stereocenters. The summed E-state index contributed by atoms with van der Waals surface area (Å²) in [6, 6.07) is 9.27. The van der Waals surface area contributed by atoms with Gasteiger partial charge in [0.1, 0.15) is 6.10 Å². The van der Waals surface area contributed by atoms with Crippen LogP contribution in [0.2, 0.25) is 0 Å². The highest BCUT2D eigenvalue weighted by molar-refractivity contribution is 5.76. The number of nitrogen functional groups attached to an aromatic ring is 1. The van der Waals surface area contributed by atoms with Crippen LogP contribution in [0.25, 0.3) is 11.3 Å².